The molecule has 0 radical (unpaired) electrons. The molecule has 1 unspecified atom stereocenters. The average Bonchev–Trinajstić information content (AvgIpc) is 2.47. The molecule has 1 atom stereocenters. The van der Waals surface area contributed by atoms with Gasteiger partial charge in [-0.1, -0.05) is 12.1 Å². The monoisotopic (exact) mass is 238 g/mol. The smallest absolute Gasteiger partial charge is 0.115 e. The van der Waals surface area contributed by atoms with E-state index in [9.17, 15) is 5.11 Å². The van der Waals surface area contributed by atoms with Gasteiger partial charge in [0.05, 0.1) is 11.0 Å². The fraction of sp³-hybridized carbons (Fsp3) is 0.0769. The standard InChI is InChI=1S/C13H10N4O/c18-13(9-6-14-8-15-7-9)10-2-1-3-11-12(10)17-5-4-16-11/h1-8,13,18H. The van der Waals surface area contributed by atoms with Crippen molar-refractivity contribution in [1.29, 1.82) is 0 Å². The number of fused-ring (bicyclic) bond motifs is 1. The highest BCUT2D eigenvalue weighted by Crippen LogP contribution is 2.25. The number of hydrogen-bond acceptors (Lipinski definition) is 5. The van der Waals surface area contributed by atoms with Crippen LogP contribution in [-0.2, 0) is 0 Å². The third kappa shape index (κ3) is 1.80. The second-order valence-electron chi connectivity index (χ2n) is 3.85. The van der Waals surface area contributed by atoms with Crippen LogP contribution in [0.3, 0.4) is 0 Å². The summed E-state index contributed by atoms with van der Waals surface area (Å²) in [6.07, 6.45) is 7.05. The van der Waals surface area contributed by atoms with Crippen molar-refractivity contribution < 1.29 is 5.11 Å². The van der Waals surface area contributed by atoms with Gasteiger partial charge in [-0.05, 0) is 6.07 Å². The van der Waals surface area contributed by atoms with E-state index in [0.717, 1.165) is 5.52 Å². The summed E-state index contributed by atoms with van der Waals surface area (Å²) in [7, 11) is 0. The molecule has 0 aliphatic carbocycles. The largest absolute Gasteiger partial charge is 0.383 e. The maximum atomic E-state index is 10.3. The van der Waals surface area contributed by atoms with Crippen LogP contribution in [0.25, 0.3) is 11.0 Å². The molecular formula is C13H10N4O. The van der Waals surface area contributed by atoms with Crippen LogP contribution in [0, 0.1) is 0 Å². The number of aliphatic hydroxyl groups is 1. The van der Waals surface area contributed by atoms with E-state index in [-0.39, 0.29) is 0 Å². The SMILES string of the molecule is OC(c1cncnc1)c1cccc2nccnc12. The average molecular weight is 238 g/mol. The molecule has 0 saturated heterocycles. The van der Waals surface area contributed by atoms with Gasteiger partial charge in [0.25, 0.3) is 0 Å². The Morgan fingerprint density at radius 3 is 2.61 bits per heavy atom. The molecule has 1 N–H and O–H groups in total. The highest BCUT2D eigenvalue weighted by atomic mass is 16.3. The summed E-state index contributed by atoms with van der Waals surface area (Å²) < 4.78 is 0. The fourth-order valence-corrected chi connectivity index (χ4v) is 1.87. The van der Waals surface area contributed by atoms with Crippen LogP contribution in [0.15, 0.2) is 49.3 Å². The minimum absolute atomic E-state index is 0.635. The zero-order valence-corrected chi connectivity index (χ0v) is 9.43. The molecule has 0 aliphatic heterocycles. The van der Waals surface area contributed by atoms with E-state index < -0.39 is 6.10 Å². The van der Waals surface area contributed by atoms with Crippen molar-refractivity contribution in [3.8, 4) is 0 Å². The number of para-hydroxylation sites is 1. The summed E-state index contributed by atoms with van der Waals surface area (Å²) >= 11 is 0. The summed E-state index contributed by atoms with van der Waals surface area (Å²) in [5.41, 5.74) is 2.79. The van der Waals surface area contributed by atoms with Crippen molar-refractivity contribution in [3.63, 3.8) is 0 Å². The van der Waals surface area contributed by atoms with Crippen LogP contribution >= 0.6 is 0 Å². The Hall–Kier alpha value is -2.40. The van der Waals surface area contributed by atoms with Crippen molar-refractivity contribution in [1.82, 2.24) is 19.9 Å². The van der Waals surface area contributed by atoms with Gasteiger partial charge in [0, 0.05) is 35.9 Å². The second-order valence-corrected chi connectivity index (χ2v) is 3.85. The molecule has 0 fully saturated rings. The van der Waals surface area contributed by atoms with Gasteiger partial charge in [-0.3, -0.25) is 9.97 Å². The first kappa shape index (κ1) is 10.7. The van der Waals surface area contributed by atoms with E-state index in [1.807, 2.05) is 18.2 Å². The summed E-state index contributed by atoms with van der Waals surface area (Å²) in [6.45, 7) is 0. The zero-order valence-electron chi connectivity index (χ0n) is 9.43. The van der Waals surface area contributed by atoms with E-state index in [1.165, 1.54) is 6.33 Å². The third-order valence-corrected chi connectivity index (χ3v) is 2.72. The normalized spacial score (nSPS) is 12.5. The van der Waals surface area contributed by atoms with E-state index in [0.29, 0.717) is 16.6 Å². The van der Waals surface area contributed by atoms with E-state index in [2.05, 4.69) is 19.9 Å². The van der Waals surface area contributed by atoms with Gasteiger partial charge in [0.15, 0.2) is 0 Å². The molecule has 0 amide bonds. The summed E-state index contributed by atoms with van der Waals surface area (Å²) in [6, 6.07) is 5.54. The highest BCUT2D eigenvalue weighted by Gasteiger charge is 2.14. The molecule has 5 nitrogen and oxygen atoms in total. The number of aromatic nitrogens is 4. The molecule has 0 saturated carbocycles. The molecule has 18 heavy (non-hydrogen) atoms. The topological polar surface area (TPSA) is 71.8 Å². The first-order chi connectivity index (χ1) is 8.86. The van der Waals surface area contributed by atoms with Gasteiger partial charge in [-0.25, -0.2) is 9.97 Å². The molecule has 0 spiro atoms. The van der Waals surface area contributed by atoms with E-state index >= 15 is 0 Å². The Morgan fingerprint density at radius 1 is 1.00 bits per heavy atom. The quantitative estimate of drug-likeness (QED) is 0.732. The predicted octanol–water partition coefficient (Wildman–Crippen LogP) is 1.50. The van der Waals surface area contributed by atoms with Gasteiger partial charge in [-0.2, -0.15) is 0 Å². The van der Waals surface area contributed by atoms with Crippen molar-refractivity contribution in [2.75, 3.05) is 0 Å². The first-order valence-electron chi connectivity index (χ1n) is 5.49. The van der Waals surface area contributed by atoms with Crippen molar-refractivity contribution in [2.24, 2.45) is 0 Å². The van der Waals surface area contributed by atoms with Crippen molar-refractivity contribution in [3.05, 3.63) is 60.4 Å². The van der Waals surface area contributed by atoms with Gasteiger partial charge in [-0.15, -0.1) is 0 Å². The summed E-state index contributed by atoms with van der Waals surface area (Å²) in [5, 5.41) is 10.3. The Balaban J connectivity index is 2.15. The van der Waals surface area contributed by atoms with Crippen LogP contribution in [0.2, 0.25) is 0 Å². The summed E-state index contributed by atoms with van der Waals surface area (Å²) in [5.74, 6) is 0. The summed E-state index contributed by atoms with van der Waals surface area (Å²) in [4.78, 5) is 16.3. The third-order valence-electron chi connectivity index (χ3n) is 2.72. The predicted molar refractivity (Wildman–Crippen MR) is 65.6 cm³/mol. The lowest BCUT2D eigenvalue weighted by molar-refractivity contribution is 0.220. The number of benzene rings is 1. The number of rotatable bonds is 2. The first-order valence-corrected chi connectivity index (χ1v) is 5.49. The molecule has 1 aromatic carbocycles. The molecule has 88 valence electrons. The fourth-order valence-electron chi connectivity index (χ4n) is 1.87. The van der Waals surface area contributed by atoms with Crippen LogP contribution in [0.5, 0.6) is 0 Å². The van der Waals surface area contributed by atoms with Crippen LogP contribution in [-0.4, -0.2) is 25.0 Å². The number of hydrogen-bond donors (Lipinski definition) is 1. The van der Waals surface area contributed by atoms with Crippen LogP contribution < -0.4 is 0 Å². The zero-order chi connectivity index (χ0) is 12.4. The van der Waals surface area contributed by atoms with Crippen LogP contribution in [0.4, 0.5) is 0 Å². The molecule has 2 aromatic heterocycles. The van der Waals surface area contributed by atoms with Gasteiger partial charge < -0.3 is 5.11 Å². The van der Waals surface area contributed by atoms with E-state index in [4.69, 9.17) is 0 Å². The molecule has 2 heterocycles. The maximum Gasteiger partial charge on any atom is 0.115 e. The van der Waals surface area contributed by atoms with Gasteiger partial charge >= 0.3 is 0 Å². The molecule has 0 aliphatic rings. The lowest BCUT2D eigenvalue weighted by atomic mass is 10.0. The Bertz CT molecular complexity index is 667. The molecule has 3 rings (SSSR count). The molecule has 5 heteroatoms. The molecule has 3 aromatic rings. The minimum Gasteiger partial charge on any atom is -0.383 e. The van der Waals surface area contributed by atoms with Crippen molar-refractivity contribution in [2.45, 2.75) is 6.10 Å². The second kappa shape index (κ2) is 4.46. The minimum atomic E-state index is -0.799. The lowest BCUT2D eigenvalue weighted by Crippen LogP contribution is -2.02. The van der Waals surface area contributed by atoms with Crippen LogP contribution in [0.1, 0.15) is 17.2 Å². The highest BCUT2D eigenvalue weighted by molar-refractivity contribution is 5.78. The Kier molecular flexibility index (Phi) is 2.66. The lowest BCUT2D eigenvalue weighted by Gasteiger charge is -2.12. The van der Waals surface area contributed by atoms with Gasteiger partial charge in [0.1, 0.15) is 12.4 Å². The van der Waals surface area contributed by atoms with E-state index in [1.54, 1.807) is 24.8 Å². The van der Waals surface area contributed by atoms with Crippen molar-refractivity contribution >= 4 is 11.0 Å². The number of aliphatic hydroxyl groups excluding tert-OH is 1. The van der Waals surface area contributed by atoms with Gasteiger partial charge in [0.2, 0.25) is 0 Å². The Labute approximate surface area is 103 Å². The molecule has 0 bridgehead atoms. The molecular weight excluding hydrogens is 228 g/mol. The number of nitrogens with zero attached hydrogens (tertiary/aromatic N) is 4. The Morgan fingerprint density at radius 2 is 1.78 bits per heavy atom. The maximum absolute atomic E-state index is 10.3.